The van der Waals surface area contributed by atoms with Crippen molar-refractivity contribution in [1.29, 1.82) is 0 Å². The van der Waals surface area contributed by atoms with Crippen LogP contribution < -0.4 is 31.1 Å². The molecule has 0 saturated heterocycles. The second-order valence-corrected chi connectivity index (χ2v) is 16.0. The van der Waals surface area contributed by atoms with E-state index in [2.05, 4.69) is 26.2 Å². The zero-order valence-corrected chi connectivity index (χ0v) is 33.4. The Labute approximate surface area is 342 Å². The van der Waals surface area contributed by atoms with Crippen molar-refractivity contribution in [3.05, 3.63) is 83.9 Å². The monoisotopic (exact) mass is 812 g/mol. The molecule has 1 heterocycles. The van der Waals surface area contributed by atoms with E-state index in [0.717, 1.165) is 37.8 Å². The van der Waals surface area contributed by atoms with Gasteiger partial charge in [-0.05, 0) is 67.3 Å². The quantitative estimate of drug-likeness (QED) is 0.113. The first-order valence-corrected chi connectivity index (χ1v) is 19.7. The first kappa shape index (κ1) is 43.7. The minimum Gasteiger partial charge on any atom is -0.508 e. The van der Waals surface area contributed by atoms with Gasteiger partial charge in [-0.25, -0.2) is 14.4 Å². The van der Waals surface area contributed by atoms with Crippen LogP contribution in [0.5, 0.6) is 5.75 Å². The number of Topliss-reactive ketones (excluding diaryl/α,β-unsaturated/α-hetero) is 1. The number of anilines is 3. The highest BCUT2D eigenvalue weighted by atomic mass is 16.4. The second kappa shape index (κ2) is 19.3. The van der Waals surface area contributed by atoms with Gasteiger partial charge in [0.1, 0.15) is 23.9 Å². The number of aliphatic carboxylic acids is 2. The molecular weight excluding hydrogens is 761 g/mol. The number of ketones is 1. The molecule has 5 rings (SSSR count). The standard InChI is InChI=1S/C43H52N6O10/c1-43(2,3)36(51)25-49-35-15-8-7-14-34(35)48(29-12-5-4-6-13-29)24-33(39(49)54)47-42(59)44-28-11-9-10-27(23-28)38(53)46-31(40(55)56)20-21-37(52)45-32(41(57)58)22-26-16-18-30(50)19-17-26/h7-11,14-19,23,29,31-33,50H,4-6,12-13,20-22,24-25H2,1-3H3,(H,45,52)(H,46,53)(H,55,56)(H,57,58)(H2,44,47,59)/t31-,32+,33-/m1/s1. The molecule has 1 aliphatic heterocycles. The molecule has 314 valence electrons. The van der Waals surface area contributed by atoms with Crippen LogP contribution in [0.4, 0.5) is 21.9 Å². The second-order valence-electron chi connectivity index (χ2n) is 16.0. The summed E-state index contributed by atoms with van der Waals surface area (Å²) < 4.78 is 0. The molecule has 3 aromatic rings. The van der Waals surface area contributed by atoms with E-state index in [1.165, 1.54) is 53.4 Å². The minimum atomic E-state index is -1.51. The lowest BCUT2D eigenvalue weighted by Gasteiger charge is -2.37. The number of carboxylic acid groups (broad SMARTS) is 2. The largest absolute Gasteiger partial charge is 0.508 e. The number of fused-ring (bicyclic) bond motifs is 1. The number of aromatic hydroxyl groups is 1. The van der Waals surface area contributed by atoms with Crippen molar-refractivity contribution in [3.63, 3.8) is 0 Å². The molecular formula is C43H52N6O10. The minimum absolute atomic E-state index is 0.00493. The number of nitrogens with zero attached hydrogens (tertiary/aromatic N) is 2. The Hall–Kier alpha value is -6.45. The SMILES string of the molecule is CC(C)(C)C(=O)CN1C(=O)[C@H](NC(=O)Nc2cccc(C(=O)N[C@H](CCC(=O)N[C@@H](Cc3ccc(O)cc3)C(=O)O)C(=O)O)c2)CN(C2CCCCC2)c2ccccc21. The Morgan fingerprint density at radius 3 is 2.12 bits per heavy atom. The lowest BCUT2D eigenvalue weighted by molar-refractivity contribution is -0.142. The Balaban J connectivity index is 1.24. The molecule has 16 heteroatoms. The van der Waals surface area contributed by atoms with Gasteiger partial charge < -0.3 is 46.4 Å². The third-order valence-corrected chi connectivity index (χ3v) is 10.5. The van der Waals surface area contributed by atoms with Crippen molar-refractivity contribution >= 4 is 58.5 Å². The van der Waals surface area contributed by atoms with Gasteiger partial charge in [0, 0.05) is 42.1 Å². The molecule has 7 N–H and O–H groups in total. The molecule has 0 bridgehead atoms. The maximum absolute atomic E-state index is 14.3. The number of phenolic OH excluding ortho intramolecular Hbond substituents is 1. The summed E-state index contributed by atoms with van der Waals surface area (Å²) in [5.41, 5.74) is 1.40. The van der Waals surface area contributed by atoms with E-state index >= 15 is 0 Å². The fourth-order valence-corrected chi connectivity index (χ4v) is 7.18. The summed E-state index contributed by atoms with van der Waals surface area (Å²) in [4.78, 5) is 94.6. The number of phenols is 1. The molecule has 1 fully saturated rings. The van der Waals surface area contributed by atoms with Crippen LogP contribution in [0.25, 0.3) is 0 Å². The average Bonchev–Trinajstić information content (AvgIpc) is 3.30. The first-order chi connectivity index (χ1) is 28.0. The van der Waals surface area contributed by atoms with E-state index in [9.17, 15) is 48.9 Å². The molecule has 0 radical (unpaired) electrons. The van der Waals surface area contributed by atoms with Crippen LogP contribution in [0.1, 0.15) is 81.6 Å². The first-order valence-electron chi connectivity index (χ1n) is 19.7. The predicted octanol–water partition coefficient (Wildman–Crippen LogP) is 4.46. The topological polar surface area (TPSA) is 235 Å². The highest BCUT2D eigenvalue weighted by molar-refractivity contribution is 6.08. The number of carboxylic acids is 2. The van der Waals surface area contributed by atoms with E-state index in [4.69, 9.17) is 0 Å². The number of amides is 5. The Morgan fingerprint density at radius 2 is 1.47 bits per heavy atom. The Kier molecular flexibility index (Phi) is 14.3. The lowest BCUT2D eigenvalue weighted by Crippen LogP contribution is -2.55. The molecule has 0 aromatic heterocycles. The van der Waals surface area contributed by atoms with Gasteiger partial charge >= 0.3 is 18.0 Å². The summed E-state index contributed by atoms with van der Waals surface area (Å²) in [5.74, 6) is -4.87. The maximum atomic E-state index is 14.3. The highest BCUT2D eigenvalue weighted by Crippen LogP contribution is 2.37. The molecule has 1 aliphatic carbocycles. The van der Waals surface area contributed by atoms with Gasteiger partial charge in [0.15, 0.2) is 5.78 Å². The van der Waals surface area contributed by atoms with Crippen molar-refractivity contribution in [2.75, 3.05) is 28.2 Å². The summed E-state index contributed by atoms with van der Waals surface area (Å²) in [6.45, 7) is 5.36. The molecule has 1 saturated carbocycles. The summed E-state index contributed by atoms with van der Waals surface area (Å²) in [5, 5.41) is 39.1. The fraction of sp³-hybridized carbons (Fsp3) is 0.419. The van der Waals surface area contributed by atoms with Crippen molar-refractivity contribution in [2.24, 2.45) is 5.41 Å². The van der Waals surface area contributed by atoms with Gasteiger partial charge in [-0.3, -0.25) is 19.2 Å². The van der Waals surface area contributed by atoms with E-state index < -0.39 is 65.7 Å². The summed E-state index contributed by atoms with van der Waals surface area (Å²) in [6.07, 6.45) is 4.17. The smallest absolute Gasteiger partial charge is 0.326 e. The Bertz CT molecular complexity index is 2040. The molecule has 3 atom stereocenters. The van der Waals surface area contributed by atoms with Crippen molar-refractivity contribution in [3.8, 4) is 5.75 Å². The molecule has 3 aromatic carbocycles. The third-order valence-electron chi connectivity index (χ3n) is 10.5. The number of nitrogens with one attached hydrogen (secondary N) is 4. The number of hydrogen-bond acceptors (Lipinski definition) is 9. The molecule has 59 heavy (non-hydrogen) atoms. The van der Waals surface area contributed by atoms with E-state index in [1.807, 2.05) is 24.3 Å². The number of carbonyl (C=O) groups excluding carboxylic acids is 5. The van der Waals surface area contributed by atoms with E-state index in [1.54, 1.807) is 20.8 Å². The van der Waals surface area contributed by atoms with Crippen molar-refractivity contribution in [2.45, 2.75) is 96.3 Å². The number of carbonyl (C=O) groups is 7. The number of rotatable bonds is 15. The van der Waals surface area contributed by atoms with Crippen LogP contribution in [0.3, 0.4) is 0 Å². The predicted molar refractivity (Wildman–Crippen MR) is 219 cm³/mol. The average molecular weight is 813 g/mol. The normalized spacial score (nSPS) is 16.8. The van der Waals surface area contributed by atoms with Gasteiger partial charge in [0.25, 0.3) is 11.8 Å². The highest BCUT2D eigenvalue weighted by Gasteiger charge is 2.39. The molecule has 16 nitrogen and oxygen atoms in total. The Morgan fingerprint density at radius 1 is 0.814 bits per heavy atom. The fourth-order valence-electron chi connectivity index (χ4n) is 7.18. The number of hydrogen-bond donors (Lipinski definition) is 7. The number of benzene rings is 3. The third kappa shape index (κ3) is 11.8. The molecule has 2 aliphatic rings. The molecule has 0 unspecified atom stereocenters. The van der Waals surface area contributed by atoms with Gasteiger partial charge in [-0.15, -0.1) is 0 Å². The molecule has 0 spiro atoms. The van der Waals surface area contributed by atoms with Gasteiger partial charge in [0.2, 0.25) is 5.91 Å². The van der Waals surface area contributed by atoms with Crippen LogP contribution in [0, 0.1) is 5.41 Å². The van der Waals surface area contributed by atoms with Crippen LogP contribution in [0.2, 0.25) is 0 Å². The molecule has 5 amide bonds. The number of urea groups is 1. The van der Waals surface area contributed by atoms with Crippen LogP contribution in [-0.4, -0.2) is 94.1 Å². The van der Waals surface area contributed by atoms with Gasteiger partial charge in [-0.2, -0.15) is 0 Å². The van der Waals surface area contributed by atoms with Crippen molar-refractivity contribution < 1.29 is 48.9 Å². The number of para-hydroxylation sites is 2. The van der Waals surface area contributed by atoms with E-state index in [-0.39, 0.29) is 54.8 Å². The van der Waals surface area contributed by atoms with Gasteiger partial charge in [0.05, 0.1) is 17.9 Å². The van der Waals surface area contributed by atoms with Crippen LogP contribution in [-0.2, 0) is 30.4 Å². The van der Waals surface area contributed by atoms with E-state index in [0.29, 0.717) is 11.3 Å². The summed E-state index contributed by atoms with van der Waals surface area (Å²) >= 11 is 0. The van der Waals surface area contributed by atoms with Gasteiger partial charge in [-0.1, -0.05) is 70.4 Å². The lowest BCUT2D eigenvalue weighted by atomic mass is 9.90. The van der Waals surface area contributed by atoms with Crippen molar-refractivity contribution in [1.82, 2.24) is 16.0 Å². The van der Waals surface area contributed by atoms with Crippen LogP contribution >= 0.6 is 0 Å². The summed E-state index contributed by atoms with van der Waals surface area (Å²) in [7, 11) is 0. The van der Waals surface area contributed by atoms with Crippen LogP contribution in [0.15, 0.2) is 72.8 Å². The zero-order chi connectivity index (χ0) is 42.9. The zero-order valence-electron chi connectivity index (χ0n) is 33.4. The summed E-state index contributed by atoms with van der Waals surface area (Å²) in [6, 6.07) is 14.5. The maximum Gasteiger partial charge on any atom is 0.326 e.